The Balaban J connectivity index is 1.49. The SMILES string of the molecule is N#CC1(C(=O)N2C[C@H](OCc3ccccn3)[C@H]3OCCC[C@H]32)CCCC1. The Hall–Kier alpha value is -1.97. The van der Waals surface area contributed by atoms with E-state index >= 15 is 0 Å². The van der Waals surface area contributed by atoms with Crippen molar-refractivity contribution in [3.63, 3.8) is 0 Å². The van der Waals surface area contributed by atoms with Crippen LogP contribution in [0.5, 0.6) is 0 Å². The number of nitriles is 1. The molecule has 1 aliphatic carbocycles. The summed E-state index contributed by atoms with van der Waals surface area (Å²) in [4.78, 5) is 19.4. The summed E-state index contributed by atoms with van der Waals surface area (Å²) in [6.45, 7) is 1.62. The van der Waals surface area contributed by atoms with E-state index in [1.165, 1.54) is 0 Å². The third kappa shape index (κ3) is 3.10. The van der Waals surface area contributed by atoms with E-state index in [1.54, 1.807) is 6.20 Å². The van der Waals surface area contributed by atoms with E-state index in [-0.39, 0.29) is 24.2 Å². The monoisotopic (exact) mass is 355 g/mol. The van der Waals surface area contributed by atoms with Gasteiger partial charge >= 0.3 is 0 Å². The molecule has 0 spiro atoms. The molecule has 0 N–H and O–H groups in total. The van der Waals surface area contributed by atoms with Crippen LogP contribution in [0.3, 0.4) is 0 Å². The second-order valence-corrected chi connectivity index (χ2v) is 7.57. The van der Waals surface area contributed by atoms with Gasteiger partial charge in [-0.25, -0.2) is 0 Å². The topological polar surface area (TPSA) is 75.5 Å². The third-order valence-corrected chi connectivity index (χ3v) is 5.99. The first kappa shape index (κ1) is 17.4. The van der Waals surface area contributed by atoms with E-state index in [9.17, 15) is 10.1 Å². The van der Waals surface area contributed by atoms with Crippen molar-refractivity contribution in [1.82, 2.24) is 9.88 Å². The summed E-state index contributed by atoms with van der Waals surface area (Å²) < 4.78 is 12.1. The highest BCUT2D eigenvalue weighted by Gasteiger charge is 2.52. The minimum absolute atomic E-state index is 0.0121. The quantitative estimate of drug-likeness (QED) is 0.829. The van der Waals surface area contributed by atoms with Crippen molar-refractivity contribution in [2.24, 2.45) is 5.41 Å². The second kappa shape index (κ2) is 7.34. The number of amides is 1. The van der Waals surface area contributed by atoms with Crippen LogP contribution < -0.4 is 0 Å². The second-order valence-electron chi connectivity index (χ2n) is 7.57. The fourth-order valence-electron chi connectivity index (χ4n) is 4.59. The van der Waals surface area contributed by atoms with Crippen LogP contribution in [0.2, 0.25) is 0 Å². The molecule has 6 nitrogen and oxygen atoms in total. The summed E-state index contributed by atoms with van der Waals surface area (Å²) >= 11 is 0. The molecule has 3 fully saturated rings. The number of rotatable bonds is 4. The van der Waals surface area contributed by atoms with Crippen LogP contribution in [0.15, 0.2) is 24.4 Å². The van der Waals surface area contributed by atoms with Crippen LogP contribution in [0.1, 0.15) is 44.2 Å². The van der Waals surface area contributed by atoms with Gasteiger partial charge in [-0.05, 0) is 37.8 Å². The molecule has 1 amide bonds. The van der Waals surface area contributed by atoms with Gasteiger partial charge in [0.2, 0.25) is 5.91 Å². The summed E-state index contributed by atoms with van der Waals surface area (Å²) in [5.41, 5.74) is 0.0339. The number of pyridine rings is 1. The predicted molar refractivity (Wildman–Crippen MR) is 93.8 cm³/mol. The molecule has 1 aromatic rings. The maximum absolute atomic E-state index is 13.3. The zero-order valence-corrected chi connectivity index (χ0v) is 15.0. The fraction of sp³-hybridized carbons (Fsp3) is 0.650. The minimum atomic E-state index is -0.835. The number of hydrogen-bond acceptors (Lipinski definition) is 5. The van der Waals surface area contributed by atoms with Gasteiger partial charge < -0.3 is 14.4 Å². The maximum atomic E-state index is 13.3. The Morgan fingerprint density at radius 2 is 2.23 bits per heavy atom. The number of aromatic nitrogens is 1. The minimum Gasteiger partial charge on any atom is -0.373 e. The highest BCUT2D eigenvalue weighted by molar-refractivity contribution is 5.86. The van der Waals surface area contributed by atoms with Crippen LogP contribution in [-0.2, 0) is 20.9 Å². The molecule has 2 saturated heterocycles. The molecule has 6 heteroatoms. The largest absolute Gasteiger partial charge is 0.373 e. The maximum Gasteiger partial charge on any atom is 0.243 e. The summed E-state index contributed by atoms with van der Waals surface area (Å²) in [5.74, 6) is -0.0121. The van der Waals surface area contributed by atoms with Gasteiger partial charge in [-0.2, -0.15) is 5.26 Å². The molecule has 26 heavy (non-hydrogen) atoms. The lowest BCUT2D eigenvalue weighted by Crippen LogP contribution is -2.48. The number of fused-ring (bicyclic) bond motifs is 1. The molecule has 0 bridgehead atoms. The van der Waals surface area contributed by atoms with Crippen LogP contribution >= 0.6 is 0 Å². The van der Waals surface area contributed by atoms with Crippen LogP contribution in [0.25, 0.3) is 0 Å². The van der Waals surface area contributed by atoms with E-state index in [0.29, 0.717) is 32.6 Å². The van der Waals surface area contributed by atoms with Crippen LogP contribution in [0.4, 0.5) is 0 Å². The number of hydrogen-bond donors (Lipinski definition) is 0. The Morgan fingerprint density at radius 3 is 2.96 bits per heavy atom. The average molecular weight is 355 g/mol. The van der Waals surface area contributed by atoms with Gasteiger partial charge in [0.15, 0.2) is 0 Å². The molecule has 0 unspecified atom stereocenters. The zero-order chi connectivity index (χ0) is 18.0. The summed E-state index contributed by atoms with van der Waals surface area (Å²) in [5, 5.41) is 9.69. The van der Waals surface area contributed by atoms with E-state index < -0.39 is 5.41 Å². The molecule has 0 radical (unpaired) electrons. The standard InChI is InChI=1S/C20H25N3O3/c21-14-20(8-2-3-9-20)19(24)23-12-17(18-16(23)7-5-11-25-18)26-13-15-6-1-4-10-22-15/h1,4,6,10,16-18H,2-3,5,7-9,11-13H2/t16-,17+,18+/m1/s1. The first-order valence-corrected chi connectivity index (χ1v) is 9.59. The molecule has 3 heterocycles. The first-order valence-electron chi connectivity index (χ1n) is 9.59. The number of carbonyl (C=O) groups excluding carboxylic acids is 1. The van der Waals surface area contributed by atoms with Gasteiger partial charge in [0.05, 0.1) is 24.4 Å². The molecule has 1 aromatic heterocycles. The Morgan fingerprint density at radius 1 is 1.38 bits per heavy atom. The first-order chi connectivity index (χ1) is 12.7. The van der Waals surface area contributed by atoms with E-state index in [4.69, 9.17) is 9.47 Å². The molecule has 1 saturated carbocycles. The van der Waals surface area contributed by atoms with E-state index in [0.717, 1.165) is 31.4 Å². The molecular formula is C20H25N3O3. The lowest BCUT2D eigenvalue weighted by atomic mass is 9.86. The fourth-order valence-corrected chi connectivity index (χ4v) is 4.59. The van der Waals surface area contributed by atoms with Crippen molar-refractivity contribution in [3.8, 4) is 6.07 Å². The molecular weight excluding hydrogens is 330 g/mol. The number of ether oxygens (including phenoxy) is 2. The van der Waals surface area contributed by atoms with Gasteiger partial charge in [0, 0.05) is 19.3 Å². The van der Waals surface area contributed by atoms with Crippen molar-refractivity contribution in [2.75, 3.05) is 13.2 Å². The molecule has 3 aliphatic rings. The van der Waals surface area contributed by atoms with Crippen LogP contribution in [-0.4, -0.2) is 47.2 Å². The Kier molecular flexibility index (Phi) is 4.92. The summed E-state index contributed by atoms with van der Waals surface area (Å²) in [6, 6.07) is 8.11. The lowest BCUT2D eigenvalue weighted by Gasteiger charge is -2.35. The van der Waals surface area contributed by atoms with Gasteiger partial charge in [-0.15, -0.1) is 0 Å². The van der Waals surface area contributed by atoms with Crippen molar-refractivity contribution in [1.29, 1.82) is 5.26 Å². The molecule has 4 rings (SSSR count). The predicted octanol–water partition coefficient (Wildman–Crippen LogP) is 2.44. The normalized spacial score (nSPS) is 30.0. The number of nitrogens with zero attached hydrogens (tertiary/aromatic N) is 3. The molecule has 2 aliphatic heterocycles. The van der Waals surface area contributed by atoms with E-state index in [1.807, 2.05) is 23.1 Å². The van der Waals surface area contributed by atoms with Gasteiger partial charge in [-0.3, -0.25) is 9.78 Å². The van der Waals surface area contributed by atoms with Crippen molar-refractivity contribution in [2.45, 2.75) is 63.4 Å². The Bertz CT molecular complexity index is 681. The molecule has 0 aromatic carbocycles. The van der Waals surface area contributed by atoms with E-state index in [2.05, 4.69) is 11.1 Å². The zero-order valence-electron chi connectivity index (χ0n) is 15.0. The average Bonchev–Trinajstić information content (AvgIpc) is 3.32. The Labute approximate surface area is 154 Å². The highest BCUT2D eigenvalue weighted by Crippen LogP contribution is 2.42. The van der Waals surface area contributed by atoms with Gasteiger partial charge in [0.25, 0.3) is 0 Å². The van der Waals surface area contributed by atoms with Crippen LogP contribution in [0, 0.1) is 16.7 Å². The molecule has 3 atom stereocenters. The number of carbonyl (C=O) groups is 1. The van der Waals surface area contributed by atoms with Crippen molar-refractivity contribution < 1.29 is 14.3 Å². The van der Waals surface area contributed by atoms with Gasteiger partial charge in [0.1, 0.15) is 17.6 Å². The van der Waals surface area contributed by atoms with Crippen molar-refractivity contribution >= 4 is 5.91 Å². The molecule has 138 valence electrons. The van der Waals surface area contributed by atoms with Gasteiger partial charge in [-0.1, -0.05) is 18.9 Å². The third-order valence-electron chi connectivity index (χ3n) is 5.99. The number of likely N-dealkylation sites (tertiary alicyclic amines) is 1. The highest BCUT2D eigenvalue weighted by atomic mass is 16.5. The summed E-state index contributed by atoms with van der Waals surface area (Å²) in [7, 11) is 0. The smallest absolute Gasteiger partial charge is 0.243 e. The lowest BCUT2D eigenvalue weighted by molar-refractivity contribution is -0.142. The summed E-state index contributed by atoms with van der Waals surface area (Å²) in [6.07, 6.45) is 6.61. The van der Waals surface area contributed by atoms with Crippen molar-refractivity contribution in [3.05, 3.63) is 30.1 Å².